The largest absolute Gasteiger partial charge is 0.508 e. The fourth-order valence-electron chi connectivity index (χ4n) is 2.96. The maximum absolute atomic E-state index is 9.67. The lowest BCUT2D eigenvalue weighted by Crippen LogP contribution is -2.30. The van der Waals surface area contributed by atoms with Crippen LogP contribution in [0.4, 0.5) is 0 Å². The molecule has 1 aromatic heterocycles. The van der Waals surface area contributed by atoms with Crippen molar-refractivity contribution >= 4 is 11.0 Å². The van der Waals surface area contributed by atoms with E-state index in [1.807, 2.05) is 18.2 Å². The second-order valence-corrected chi connectivity index (χ2v) is 5.35. The molecule has 3 nitrogen and oxygen atoms in total. The molecule has 0 saturated carbocycles. The van der Waals surface area contributed by atoms with Crippen LogP contribution in [0, 0.1) is 0 Å². The van der Waals surface area contributed by atoms with Gasteiger partial charge in [-0.25, -0.2) is 0 Å². The van der Waals surface area contributed by atoms with Gasteiger partial charge in [0, 0.05) is 30.0 Å². The topological polar surface area (TPSA) is 45.4 Å². The lowest BCUT2D eigenvalue weighted by molar-refractivity contribution is 0.469. The second-order valence-electron chi connectivity index (χ2n) is 5.35. The van der Waals surface area contributed by atoms with Crippen molar-refractivity contribution in [1.29, 1.82) is 0 Å². The van der Waals surface area contributed by atoms with Gasteiger partial charge in [0.05, 0.1) is 0 Å². The van der Waals surface area contributed by atoms with E-state index in [2.05, 4.69) is 18.8 Å². The average Bonchev–Trinajstić information content (AvgIpc) is 2.65. The zero-order valence-corrected chi connectivity index (χ0v) is 11.1. The van der Waals surface area contributed by atoms with Crippen LogP contribution in [0.15, 0.2) is 35.3 Å². The summed E-state index contributed by atoms with van der Waals surface area (Å²) in [5.74, 6) is 1.72. The molecule has 1 aliphatic rings. The third-order valence-corrected chi connectivity index (χ3v) is 3.88. The van der Waals surface area contributed by atoms with E-state index in [-0.39, 0.29) is 0 Å². The summed E-state index contributed by atoms with van der Waals surface area (Å²) in [6.45, 7) is 6.93. The molecule has 3 rings (SSSR count). The molecule has 0 bridgehead atoms. The first-order chi connectivity index (χ1) is 9.19. The van der Waals surface area contributed by atoms with E-state index in [0.717, 1.165) is 36.1 Å². The van der Waals surface area contributed by atoms with E-state index in [9.17, 15) is 5.11 Å². The van der Waals surface area contributed by atoms with Crippen molar-refractivity contribution in [3.05, 3.63) is 42.2 Å². The van der Waals surface area contributed by atoms with Crippen LogP contribution in [0.2, 0.25) is 0 Å². The quantitative estimate of drug-likeness (QED) is 0.811. The Bertz CT molecular complexity index is 614. The summed E-state index contributed by atoms with van der Waals surface area (Å²) in [6, 6.07) is 5.72. The average molecular weight is 257 g/mol. The minimum atomic E-state index is 0.295. The van der Waals surface area contributed by atoms with E-state index in [4.69, 9.17) is 4.42 Å². The molecule has 0 saturated heterocycles. The van der Waals surface area contributed by atoms with Crippen molar-refractivity contribution < 1.29 is 9.52 Å². The molecule has 2 atom stereocenters. The summed E-state index contributed by atoms with van der Waals surface area (Å²) >= 11 is 0. The van der Waals surface area contributed by atoms with Crippen LogP contribution in [0.25, 0.3) is 11.0 Å². The van der Waals surface area contributed by atoms with E-state index < -0.39 is 0 Å². The number of fused-ring (bicyclic) bond motifs is 3. The highest BCUT2D eigenvalue weighted by molar-refractivity contribution is 5.84. The van der Waals surface area contributed by atoms with Gasteiger partial charge in [-0.1, -0.05) is 13.0 Å². The molecule has 1 aromatic carbocycles. The van der Waals surface area contributed by atoms with Gasteiger partial charge in [0.2, 0.25) is 0 Å². The second kappa shape index (κ2) is 4.74. The van der Waals surface area contributed by atoms with Gasteiger partial charge in [-0.3, -0.25) is 0 Å². The van der Waals surface area contributed by atoms with Gasteiger partial charge < -0.3 is 14.8 Å². The Morgan fingerprint density at radius 3 is 3.16 bits per heavy atom. The third kappa shape index (κ3) is 2.15. The lowest BCUT2D eigenvalue weighted by atomic mass is 9.97. The molecule has 0 amide bonds. The summed E-state index contributed by atoms with van der Waals surface area (Å²) in [5.41, 5.74) is 2.11. The van der Waals surface area contributed by atoms with Crippen LogP contribution < -0.4 is 5.32 Å². The van der Waals surface area contributed by atoms with Gasteiger partial charge in [-0.05, 0) is 30.5 Å². The molecule has 2 unspecified atom stereocenters. The van der Waals surface area contributed by atoms with Crippen LogP contribution in [0.1, 0.15) is 30.6 Å². The van der Waals surface area contributed by atoms with Crippen molar-refractivity contribution in [1.82, 2.24) is 5.32 Å². The zero-order chi connectivity index (χ0) is 13.4. The van der Waals surface area contributed by atoms with Crippen LogP contribution in [-0.2, 0) is 6.42 Å². The van der Waals surface area contributed by atoms with Gasteiger partial charge in [-0.2, -0.15) is 0 Å². The molecular weight excluding hydrogens is 238 g/mol. The predicted molar refractivity (Wildman–Crippen MR) is 76.6 cm³/mol. The Labute approximate surface area is 112 Å². The molecule has 3 heteroatoms. The highest BCUT2D eigenvalue weighted by atomic mass is 16.3. The third-order valence-electron chi connectivity index (χ3n) is 3.88. The maximum atomic E-state index is 9.67. The number of benzene rings is 1. The Hall–Kier alpha value is -1.74. The number of aromatic hydroxyl groups is 1. The Kier molecular flexibility index (Phi) is 3.07. The Morgan fingerprint density at radius 2 is 2.37 bits per heavy atom. The van der Waals surface area contributed by atoms with Crippen LogP contribution in [0.3, 0.4) is 0 Å². The molecule has 0 aliphatic carbocycles. The summed E-state index contributed by atoms with van der Waals surface area (Å²) in [5, 5.41) is 14.3. The van der Waals surface area contributed by atoms with Gasteiger partial charge in [0.1, 0.15) is 17.1 Å². The summed E-state index contributed by atoms with van der Waals surface area (Å²) < 4.78 is 5.99. The number of rotatable bonds is 2. The lowest BCUT2D eigenvalue weighted by Gasteiger charge is -2.14. The standard InChI is InChI=1S/C16H19NO2/c1-3-4-11-7-15-16(10(2)9-17-11)13-8-12(18)5-6-14(13)19-15/h3,5-6,8,10-11,17-18H,1,4,7,9H2,2H3. The molecule has 2 heterocycles. The van der Waals surface area contributed by atoms with Crippen molar-refractivity contribution in [3.63, 3.8) is 0 Å². The van der Waals surface area contributed by atoms with Gasteiger partial charge in [0.15, 0.2) is 0 Å². The van der Waals surface area contributed by atoms with Crippen LogP contribution in [-0.4, -0.2) is 17.7 Å². The summed E-state index contributed by atoms with van der Waals surface area (Å²) in [7, 11) is 0. The van der Waals surface area contributed by atoms with Crippen molar-refractivity contribution in [3.8, 4) is 5.75 Å². The molecule has 19 heavy (non-hydrogen) atoms. The van der Waals surface area contributed by atoms with Gasteiger partial charge in [-0.15, -0.1) is 6.58 Å². The molecule has 0 fully saturated rings. The molecule has 2 aromatic rings. The number of hydrogen-bond acceptors (Lipinski definition) is 3. The summed E-state index contributed by atoms with van der Waals surface area (Å²) in [4.78, 5) is 0. The minimum absolute atomic E-state index is 0.295. The van der Waals surface area contributed by atoms with E-state index in [1.54, 1.807) is 6.07 Å². The predicted octanol–water partition coefficient (Wildman–Crippen LogP) is 3.33. The molecular formula is C16H19NO2. The SMILES string of the molecule is C=CCC1Cc2oc3ccc(O)cc3c2C(C)CN1. The Morgan fingerprint density at radius 1 is 1.53 bits per heavy atom. The fourth-order valence-corrected chi connectivity index (χ4v) is 2.96. The number of hydrogen-bond donors (Lipinski definition) is 2. The molecule has 1 aliphatic heterocycles. The van der Waals surface area contributed by atoms with Crippen molar-refractivity contribution in [2.24, 2.45) is 0 Å². The first-order valence-corrected chi connectivity index (χ1v) is 6.77. The molecule has 0 spiro atoms. The number of furan rings is 1. The van der Waals surface area contributed by atoms with Crippen LogP contribution in [0.5, 0.6) is 5.75 Å². The van der Waals surface area contributed by atoms with Crippen LogP contribution >= 0.6 is 0 Å². The first kappa shape index (κ1) is 12.3. The van der Waals surface area contributed by atoms with Crippen molar-refractivity contribution in [2.75, 3.05) is 6.54 Å². The normalized spacial score (nSPS) is 23.0. The highest BCUT2D eigenvalue weighted by Gasteiger charge is 2.25. The zero-order valence-electron chi connectivity index (χ0n) is 11.1. The number of phenolic OH excluding ortho intramolecular Hbond substituents is 1. The monoisotopic (exact) mass is 257 g/mol. The summed E-state index contributed by atoms with van der Waals surface area (Å²) in [6.07, 6.45) is 3.76. The Balaban J connectivity index is 2.11. The maximum Gasteiger partial charge on any atom is 0.134 e. The van der Waals surface area contributed by atoms with Crippen molar-refractivity contribution in [2.45, 2.75) is 31.7 Å². The molecule has 2 N–H and O–H groups in total. The number of nitrogens with one attached hydrogen (secondary N) is 1. The highest BCUT2D eigenvalue weighted by Crippen LogP contribution is 2.36. The number of phenols is 1. The van der Waals surface area contributed by atoms with E-state index in [1.165, 1.54) is 5.56 Å². The van der Waals surface area contributed by atoms with Gasteiger partial charge in [0.25, 0.3) is 0 Å². The minimum Gasteiger partial charge on any atom is -0.508 e. The smallest absolute Gasteiger partial charge is 0.134 e. The molecule has 100 valence electrons. The van der Waals surface area contributed by atoms with Gasteiger partial charge >= 0.3 is 0 Å². The fraction of sp³-hybridized carbons (Fsp3) is 0.375. The van der Waals surface area contributed by atoms with E-state index in [0.29, 0.717) is 17.7 Å². The first-order valence-electron chi connectivity index (χ1n) is 6.77. The molecule has 0 radical (unpaired) electrons. The van der Waals surface area contributed by atoms with E-state index >= 15 is 0 Å².